The van der Waals surface area contributed by atoms with E-state index in [0.717, 1.165) is 50.8 Å². The standard InChI is InChI=1S/C18H28N2O3.2ClH/c1-22-16-9-14(10-17(11-16)23-2)12-19-5-7-20(8-6-19)13-18(21)15-3-4-15;;/h9-11,15,18,21H,3-8,12-13H2,1-2H3;2*1H. The van der Waals surface area contributed by atoms with Gasteiger partial charge in [0.1, 0.15) is 11.5 Å². The third-order valence-corrected chi connectivity index (χ3v) is 4.89. The smallest absolute Gasteiger partial charge is 0.122 e. The molecule has 1 atom stereocenters. The predicted octanol–water partition coefficient (Wildman–Crippen LogP) is 2.44. The highest BCUT2D eigenvalue weighted by Gasteiger charge is 2.31. The number of piperazine rings is 1. The minimum absolute atomic E-state index is 0. The number of aliphatic hydroxyl groups is 1. The summed E-state index contributed by atoms with van der Waals surface area (Å²) in [4.78, 5) is 4.85. The van der Waals surface area contributed by atoms with Crippen molar-refractivity contribution in [2.45, 2.75) is 25.5 Å². The number of rotatable bonds is 7. The molecule has 25 heavy (non-hydrogen) atoms. The molecule has 3 rings (SSSR count). The zero-order valence-corrected chi connectivity index (χ0v) is 16.7. The topological polar surface area (TPSA) is 45.2 Å². The highest BCUT2D eigenvalue weighted by molar-refractivity contribution is 5.85. The van der Waals surface area contributed by atoms with E-state index >= 15 is 0 Å². The van der Waals surface area contributed by atoms with Gasteiger partial charge in [0, 0.05) is 45.3 Å². The molecule has 1 saturated carbocycles. The number of nitrogens with zero attached hydrogens (tertiary/aromatic N) is 2. The largest absolute Gasteiger partial charge is 0.497 e. The van der Waals surface area contributed by atoms with Crippen molar-refractivity contribution in [3.05, 3.63) is 23.8 Å². The number of ether oxygens (including phenoxy) is 2. The summed E-state index contributed by atoms with van der Waals surface area (Å²) < 4.78 is 10.7. The zero-order chi connectivity index (χ0) is 16.2. The maximum absolute atomic E-state index is 10.1. The monoisotopic (exact) mass is 392 g/mol. The lowest BCUT2D eigenvalue weighted by Gasteiger charge is -2.35. The van der Waals surface area contributed by atoms with Gasteiger partial charge in [-0.3, -0.25) is 9.80 Å². The normalized spacial score (nSPS) is 19.5. The first-order valence-corrected chi connectivity index (χ1v) is 8.52. The van der Waals surface area contributed by atoms with Crippen LogP contribution in [0.25, 0.3) is 0 Å². The molecule has 1 aromatic rings. The van der Waals surface area contributed by atoms with E-state index in [-0.39, 0.29) is 30.9 Å². The molecule has 1 aliphatic heterocycles. The van der Waals surface area contributed by atoms with Gasteiger partial charge in [0.25, 0.3) is 0 Å². The first-order valence-electron chi connectivity index (χ1n) is 8.52. The summed E-state index contributed by atoms with van der Waals surface area (Å²) >= 11 is 0. The van der Waals surface area contributed by atoms with E-state index in [9.17, 15) is 5.11 Å². The third kappa shape index (κ3) is 6.50. The van der Waals surface area contributed by atoms with Crippen LogP contribution in [0.15, 0.2) is 18.2 Å². The maximum atomic E-state index is 10.1. The maximum Gasteiger partial charge on any atom is 0.122 e. The summed E-state index contributed by atoms with van der Waals surface area (Å²) in [5.41, 5.74) is 1.22. The molecule has 2 aliphatic rings. The van der Waals surface area contributed by atoms with Crippen LogP contribution in [0.1, 0.15) is 18.4 Å². The number of β-amino-alcohol motifs (C(OH)–C–C–N with tert-alkyl or cyclic N) is 1. The Kier molecular flexibility index (Phi) is 9.32. The molecular formula is C18H30Cl2N2O3. The van der Waals surface area contributed by atoms with E-state index in [1.807, 2.05) is 6.07 Å². The second kappa shape index (κ2) is 10.4. The van der Waals surface area contributed by atoms with Crippen LogP contribution in [0.5, 0.6) is 11.5 Å². The Morgan fingerprint density at radius 3 is 1.96 bits per heavy atom. The van der Waals surface area contributed by atoms with Crippen LogP contribution in [0.3, 0.4) is 0 Å². The van der Waals surface area contributed by atoms with Crippen molar-refractivity contribution in [2.24, 2.45) is 5.92 Å². The Morgan fingerprint density at radius 1 is 0.960 bits per heavy atom. The Morgan fingerprint density at radius 2 is 1.48 bits per heavy atom. The molecular weight excluding hydrogens is 363 g/mol. The van der Waals surface area contributed by atoms with Crippen molar-refractivity contribution in [1.82, 2.24) is 9.80 Å². The van der Waals surface area contributed by atoms with Gasteiger partial charge in [-0.05, 0) is 36.5 Å². The lowest BCUT2D eigenvalue weighted by atomic mass is 10.1. The summed E-state index contributed by atoms with van der Waals surface area (Å²) in [6.07, 6.45) is 2.29. The number of hydrogen-bond acceptors (Lipinski definition) is 5. The summed E-state index contributed by atoms with van der Waals surface area (Å²) in [6, 6.07) is 6.05. The zero-order valence-electron chi connectivity index (χ0n) is 15.0. The predicted molar refractivity (Wildman–Crippen MR) is 104 cm³/mol. The van der Waals surface area contributed by atoms with Crippen LogP contribution < -0.4 is 9.47 Å². The fourth-order valence-corrected chi connectivity index (χ4v) is 3.24. The molecule has 0 radical (unpaired) electrons. The number of aliphatic hydroxyl groups excluding tert-OH is 1. The van der Waals surface area contributed by atoms with Crippen LogP contribution >= 0.6 is 24.8 Å². The second-order valence-corrected chi connectivity index (χ2v) is 6.70. The molecule has 1 saturated heterocycles. The highest BCUT2D eigenvalue weighted by Crippen LogP contribution is 2.33. The molecule has 0 aromatic heterocycles. The number of methoxy groups -OCH3 is 2. The molecule has 5 nitrogen and oxygen atoms in total. The van der Waals surface area contributed by atoms with E-state index in [1.165, 1.54) is 18.4 Å². The fraction of sp³-hybridized carbons (Fsp3) is 0.667. The van der Waals surface area contributed by atoms with Gasteiger partial charge in [0.15, 0.2) is 0 Å². The molecule has 1 aromatic carbocycles. The van der Waals surface area contributed by atoms with Crippen LogP contribution in [0.4, 0.5) is 0 Å². The van der Waals surface area contributed by atoms with E-state index < -0.39 is 0 Å². The van der Waals surface area contributed by atoms with Crippen LogP contribution in [0.2, 0.25) is 0 Å². The lowest BCUT2D eigenvalue weighted by molar-refractivity contribution is 0.0601. The highest BCUT2D eigenvalue weighted by atomic mass is 35.5. The Hall–Kier alpha value is -0.720. The van der Waals surface area contributed by atoms with Crippen LogP contribution in [-0.2, 0) is 6.54 Å². The van der Waals surface area contributed by atoms with Gasteiger partial charge in [-0.25, -0.2) is 0 Å². The van der Waals surface area contributed by atoms with Gasteiger partial charge in [-0.1, -0.05) is 0 Å². The van der Waals surface area contributed by atoms with Gasteiger partial charge in [-0.2, -0.15) is 0 Å². The van der Waals surface area contributed by atoms with Crippen LogP contribution in [-0.4, -0.2) is 68.0 Å². The summed E-state index contributed by atoms with van der Waals surface area (Å²) in [5, 5.41) is 10.1. The molecule has 1 N–H and O–H groups in total. The average Bonchev–Trinajstić information content (AvgIpc) is 3.41. The molecule has 0 spiro atoms. The molecule has 144 valence electrons. The third-order valence-electron chi connectivity index (χ3n) is 4.89. The van der Waals surface area contributed by atoms with Crippen molar-refractivity contribution in [3.63, 3.8) is 0 Å². The summed E-state index contributed by atoms with van der Waals surface area (Å²) in [7, 11) is 3.37. The number of halogens is 2. The molecule has 0 amide bonds. The van der Waals surface area contributed by atoms with Gasteiger partial charge in [-0.15, -0.1) is 24.8 Å². The Balaban J connectivity index is 0.00000156. The van der Waals surface area contributed by atoms with E-state index in [1.54, 1.807) is 14.2 Å². The van der Waals surface area contributed by atoms with Gasteiger partial charge in [0.2, 0.25) is 0 Å². The Bertz CT molecular complexity index is 499. The number of hydrogen-bond donors (Lipinski definition) is 1. The van der Waals surface area contributed by atoms with Crippen molar-refractivity contribution in [1.29, 1.82) is 0 Å². The van der Waals surface area contributed by atoms with Crippen molar-refractivity contribution >= 4 is 24.8 Å². The quantitative estimate of drug-likeness (QED) is 0.771. The van der Waals surface area contributed by atoms with Gasteiger partial charge < -0.3 is 14.6 Å². The fourth-order valence-electron chi connectivity index (χ4n) is 3.24. The SMILES string of the molecule is COc1cc(CN2CCN(CC(O)C3CC3)CC2)cc(OC)c1.Cl.Cl. The van der Waals surface area contributed by atoms with Crippen LogP contribution in [0, 0.1) is 5.92 Å². The summed E-state index contributed by atoms with van der Waals surface area (Å²) in [6.45, 7) is 5.89. The van der Waals surface area contributed by atoms with Gasteiger partial charge in [0.05, 0.1) is 20.3 Å². The molecule has 7 heteroatoms. The number of benzene rings is 1. The summed E-state index contributed by atoms with van der Waals surface area (Å²) in [5.74, 6) is 2.24. The molecule has 1 unspecified atom stereocenters. The molecule has 1 heterocycles. The average molecular weight is 393 g/mol. The second-order valence-electron chi connectivity index (χ2n) is 6.70. The first-order chi connectivity index (χ1) is 11.2. The van der Waals surface area contributed by atoms with Crippen molar-refractivity contribution < 1.29 is 14.6 Å². The lowest BCUT2D eigenvalue weighted by Crippen LogP contribution is -2.48. The van der Waals surface area contributed by atoms with E-state index in [4.69, 9.17) is 9.47 Å². The molecule has 1 aliphatic carbocycles. The first kappa shape index (κ1) is 22.3. The van der Waals surface area contributed by atoms with E-state index in [0.29, 0.717) is 5.92 Å². The molecule has 0 bridgehead atoms. The molecule has 2 fully saturated rings. The van der Waals surface area contributed by atoms with Gasteiger partial charge >= 0.3 is 0 Å². The van der Waals surface area contributed by atoms with Crippen molar-refractivity contribution in [2.75, 3.05) is 46.9 Å². The van der Waals surface area contributed by atoms with E-state index in [2.05, 4.69) is 21.9 Å². The minimum atomic E-state index is -0.121. The van der Waals surface area contributed by atoms with Crippen molar-refractivity contribution in [3.8, 4) is 11.5 Å². The minimum Gasteiger partial charge on any atom is -0.497 e. The Labute approximate surface area is 163 Å².